The zero-order valence-corrected chi connectivity index (χ0v) is 7.62. The van der Waals surface area contributed by atoms with Crippen molar-refractivity contribution in [2.75, 3.05) is 14.2 Å². The van der Waals surface area contributed by atoms with Crippen LogP contribution in [0.25, 0.3) is 0 Å². The van der Waals surface area contributed by atoms with Gasteiger partial charge in [-0.25, -0.2) is 0 Å². The van der Waals surface area contributed by atoms with E-state index in [4.69, 9.17) is 9.05 Å². The van der Waals surface area contributed by atoms with E-state index in [9.17, 15) is 0 Å². The van der Waals surface area contributed by atoms with Gasteiger partial charge in [-0.15, -0.1) is 0 Å². The molecule has 0 aliphatic carbocycles. The van der Waals surface area contributed by atoms with Crippen molar-refractivity contribution >= 4 is 32.5 Å². The molecule has 0 aromatic carbocycles. The first-order valence-corrected chi connectivity index (χ1v) is 6.56. The maximum atomic E-state index is 4.78. The third-order valence-electron chi connectivity index (χ3n) is 0.461. The van der Waals surface area contributed by atoms with E-state index in [-0.39, 0.29) is 0 Å². The van der Waals surface area contributed by atoms with Crippen LogP contribution < -0.4 is 0 Å². The zero-order chi connectivity index (χ0) is 5.91. The summed E-state index contributed by atoms with van der Waals surface area (Å²) in [5.74, 6) is 0. The monoisotopic (exact) mass is 206 g/mol. The quantitative estimate of drug-likeness (QED) is 0.412. The van der Waals surface area contributed by atoms with Gasteiger partial charge in [0.25, 0.3) is 0 Å². The molecule has 0 aromatic rings. The molecule has 0 aromatic heterocycles. The van der Waals surface area contributed by atoms with Crippen LogP contribution in [0.15, 0.2) is 0 Å². The molecule has 5 heteroatoms. The van der Waals surface area contributed by atoms with Crippen LogP contribution in [0.3, 0.4) is 0 Å². The van der Waals surface area contributed by atoms with E-state index in [0.29, 0.717) is 0 Å². The van der Waals surface area contributed by atoms with Crippen LogP contribution in [0, 0.1) is 0 Å². The van der Waals surface area contributed by atoms with Crippen LogP contribution in [-0.2, 0) is 9.05 Å². The Hall–Kier alpha value is 1.22. The summed E-state index contributed by atoms with van der Waals surface area (Å²) in [7, 11) is 3.11. The molecule has 0 spiro atoms. The Kier molecular flexibility index (Phi) is 3.86. The molecule has 0 aliphatic rings. The minimum atomic E-state index is -1.83. The van der Waals surface area contributed by atoms with E-state index in [1.807, 2.05) is 0 Å². The molecule has 0 bridgehead atoms. The SMILES string of the molecule is COP(S)(=[Se])OC. The van der Waals surface area contributed by atoms with Crippen molar-refractivity contribution in [1.29, 1.82) is 0 Å². The molecule has 0 amide bonds. The first kappa shape index (κ1) is 8.22. The summed E-state index contributed by atoms with van der Waals surface area (Å²) in [6.45, 7) is 0. The van der Waals surface area contributed by atoms with Crippen LogP contribution in [0.2, 0.25) is 0 Å². The van der Waals surface area contributed by atoms with Crippen LogP contribution in [0.5, 0.6) is 0 Å². The van der Waals surface area contributed by atoms with Crippen molar-refractivity contribution in [1.82, 2.24) is 0 Å². The normalized spacial score (nSPS) is 11.9. The van der Waals surface area contributed by atoms with Crippen LogP contribution >= 0.6 is 17.4 Å². The molecule has 0 saturated heterocycles. The molecular weight excluding hydrogens is 198 g/mol. The number of hydrogen-bond donors (Lipinski definition) is 1. The molecule has 0 heterocycles. The summed E-state index contributed by atoms with van der Waals surface area (Å²) in [5, 5.41) is -1.83. The Morgan fingerprint density at radius 1 is 1.43 bits per heavy atom. The van der Waals surface area contributed by atoms with Crippen molar-refractivity contribution in [2.45, 2.75) is 0 Å². The number of thiol groups is 1. The Labute approximate surface area is 56.1 Å². The van der Waals surface area contributed by atoms with Gasteiger partial charge in [0.05, 0.1) is 0 Å². The summed E-state index contributed by atoms with van der Waals surface area (Å²) in [6, 6.07) is 0. The molecule has 0 N–H and O–H groups in total. The fourth-order valence-electron chi connectivity index (χ4n) is 0.0745. The fraction of sp³-hybridized carbons (Fsp3) is 1.00. The van der Waals surface area contributed by atoms with Crippen molar-refractivity contribution in [2.24, 2.45) is 0 Å². The molecule has 0 fully saturated rings. The van der Waals surface area contributed by atoms with Crippen LogP contribution in [0.4, 0.5) is 0 Å². The van der Waals surface area contributed by atoms with Crippen LogP contribution in [0.1, 0.15) is 0 Å². The Bertz CT molecular complexity index is 87.7. The summed E-state index contributed by atoms with van der Waals surface area (Å²) in [6.07, 6.45) is 0. The number of hydrogen-bond acceptors (Lipinski definition) is 3. The molecule has 0 saturated carbocycles. The third-order valence-corrected chi connectivity index (χ3v) is 4.24. The average molecular weight is 205 g/mol. The molecule has 0 rings (SSSR count). The van der Waals surface area contributed by atoms with Gasteiger partial charge in [-0.3, -0.25) is 0 Å². The van der Waals surface area contributed by atoms with Crippen molar-refractivity contribution in [3.05, 3.63) is 0 Å². The molecule has 44 valence electrons. The second kappa shape index (κ2) is 3.29. The van der Waals surface area contributed by atoms with Crippen molar-refractivity contribution < 1.29 is 9.05 Å². The maximum absolute atomic E-state index is 4.78. The van der Waals surface area contributed by atoms with E-state index in [2.05, 4.69) is 27.3 Å². The molecule has 2 nitrogen and oxygen atoms in total. The van der Waals surface area contributed by atoms with Gasteiger partial charge >= 0.3 is 55.8 Å². The second-order valence-electron chi connectivity index (χ2n) is 0.834. The van der Waals surface area contributed by atoms with Gasteiger partial charge in [0.2, 0.25) is 0 Å². The molecule has 0 atom stereocenters. The standard InChI is InChI=1S/C2H7O2PSSe/c1-3-5(6,7)4-2/h1-2H3,(H,6,7). The van der Waals surface area contributed by atoms with E-state index in [1.165, 1.54) is 0 Å². The van der Waals surface area contributed by atoms with Crippen molar-refractivity contribution in [3.63, 3.8) is 0 Å². The predicted octanol–water partition coefficient (Wildman–Crippen LogP) is 1.06. The van der Waals surface area contributed by atoms with Gasteiger partial charge in [-0.2, -0.15) is 0 Å². The average Bonchev–Trinajstić information content (AvgIpc) is 1.68. The van der Waals surface area contributed by atoms with Gasteiger partial charge in [-0.1, -0.05) is 0 Å². The van der Waals surface area contributed by atoms with Gasteiger partial charge in [0.1, 0.15) is 0 Å². The molecule has 7 heavy (non-hydrogen) atoms. The van der Waals surface area contributed by atoms with Gasteiger partial charge in [-0.05, 0) is 0 Å². The van der Waals surface area contributed by atoms with E-state index in [0.717, 1.165) is 0 Å². The Morgan fingerprint density at radius 3 is 1.71 bits per heavy atom. The van der Waals surface area contributed by atoms with Gasteiger partial charge in [0.15, 0.2) is 0 Å². The molecule has 0 aliphatic heterocycles. The second-order valence-corrected chi connectivity index (χ2v) is 8.93. The zero-order valence-electron chi connectivity index (χ0n) is 4.12. The molecule has 0 unspecified atom stereocenters. The molecule has 0 radical (unpaired) electrons. The first-order valence-electron chi connectivity index (χ1n) is 1.56. The van der Waals surface area contributed by atoms with Gasteiger partial charge < -0.3 is 0 Å². The topological polar surface area (TPSA) is 18.5 Å². The van der Waals surface area contributed by atoms with E-state index >= 15 is 0 Å². The molecular formula is C2H7O2PSSe. The minimum absolute atomic E-state index is 1.56. The summed E-state index contributed by atoms with van der Waals surface area (Å²) in [4.78, 5) is 0. The third kappa shape index (κ3) is 3.77. The predicted molar refractivity (Wildman–Crippen MR) is 35.7 cm³/mol. The van der Waals surface area contributed by atoms with Crippen molar-refractivity contribution in [3.8, 4) is 0 Å². The Morgan fingerprint density at radius 2 is 1.71 bits per heavy atom. The van der Waals surface area contributed by atoms with Crippen LogP contribution in [-0.4, -0.2) is 29.3 Å². The van der Waals surface area contributed by atoms with Gasteiger partial charge in [0, 0.05) is 0 Å². The Balaban J connectivity index is 3.61. The number of rotatable bonds is 2. The van der Waals surface area contributed by atoms with E-state index in [1.54, 1.807) is 14.2 Å². The first-order chi connectivity index (χ1) is 3.12. The summed E-state index contributed by atoms with van der Waals surface area (Å²) < 4.78 is 9.57. The van der Waals surface area contributed by atoms with E-state index < -0.39 is 5.16 Å². The fourth-order valence-corrected chi connectivity index (χ4v) is 0.224. The summed E-state index contributed by atoms with van der Waals surface area (Å²) in [5.41, 5.74) is 0. The summed E-state index contributed by atoms with van der Waals surface area (Å²) >= 11 is 6.68.